The molecule has 2 aliphatic rings. The van der Waals surface area contributed by atoms with Gasteiger partial charge in [-0.3, -0.25) is 4.90 Å². The Bertz CT molecular complexity index is 215. The van der Waals surface area contributed by atoms with Crippen LogP contribution in [0.5, 0.6) is 0 Å². The standard InChI is InChI=1S/C14H28N2/c1-3-12-7-8-13(10-12)16-9-5-4-6-14(16)11(2)15/h11-14H,3-10,15H2,1-2H3. The summed E-state index contributed by atoms with van der Waals surface area (Å²) in [6.45, 7) is 5.83. The fourth-order valence-electron chi connectivity index (χ4n) is 3.72. The van der Waals surface area contributed by atoms with E-state index in [2.05, 4.69) is 18.7 Å². The molecule has 1 saturated heterocycles. The molecule has 2 fully saturated rings. The van der Waals surface area contributed by atoms with Crippen molar-refractivity contribution >= 4 is 0 Å². The smallest absolute Gasteiger partial charge is 0.0247 e. The molecule has 0 bridgehead atoms. The lowest BCUT2D eigenvalue weighted by molar-refractivity contribution is 0.0816. The van der Waals surface area contributed by atoms with Gasteiger partial charge in [-0.25, -0.2) is 0 Å². The molecule has 1 saturated carbocycles. The van der Waals surface area contributed by atoms with Crippen molar-refractivity contribution in [1.82, 2.24) is 4.90 Å². The lowest BCUT2D eigenvalue weighted by Crippen LogP contribution is -2.52. The molecule has 4 atom stereocenters. The van der Waals surface area contributed by atoms with Crippen molar-refractivity contribution in [2.45, 2.75) is 76.9 Å². The highest BCUT2D eigenvalue weighted by atomic mass is 15.2. The molecule has 0 radical (unpaired) electrons. The van der Waals surface area contributed by atoms with E-state index >= 15 is 0 Å². The van der Waals surface area contributed by atoms with Crippen LogP contribution in [0.2, 0.25) is 0 Å². The van der Waals surface area contributed by atoms with Gasteiger partial charge in [-0.1, -0.05) is 19.8 Å². The topological polar surface area (TPSA) is 29.3 Å². The third kappa shape index (κ3) is 2.60. The monoisotopic (exact) mass is 224 g/mol. The van der Waals surface area contributed by atoms with E-state index in [9.17, 15) is 0 Å². The highest BCUT2D eigenvalue weighted by Gasteiger charge is 2.34. The number of nitrogens with two attached hydrogens (primary N) is 1. The highest BCUT2D eigenvalue weighted by Crippen LogP contribution is 2.34. The fourth-order valence-corrected chi connectivity index (χ4v) is 3.72. The molecule has 4 unspecified atom stereocenters. The minimum Gasteiger partial charge on any atom is -0.327 e. The van der Waals surface area contributed by atoms with Crippen LogP contribution in [0.15, 0.2) is 0 Å². The molecule has 0 spiro atoms. The predicted molar refractivity (Wildman–Crippen MR) is 69.4 cm³/mol. The van der Waals surface area contributed by atoms with Gasteiger partial charge in [0.2, 0.25) is 0 Å². The number of likely N-dealkylation sites (tertiary alicyclic amines) is 1. The molecule has 1 aliphatic heterocycles. The summed E-state index contributed by atoms with van der Waals surface area (Å²) < 4.78 is 0. The second-order valence-corrected chi connectivity index (χ2v) is 5.90. The van der Waals surface area contributed by atoms with Gasteiger partial charge in [0.15, 0.2) is 0 Å². The van der Waals surface area contributed by atoms with Gasteiger partial charge in [-0.05, 0) is 51.5 Å². The van der Waals surface area contributed by atoms with Gasteiger partial charge in [0, 0.05) is 18.1 Å². The Balaban J connectivity index is 1.95. The van der Waals surface area contributed by atoms with Gasteiger partial charge < -0.3 is 5.73 Å². The molecule has 2 rings (SSSR count). The van der Waals surface area contributed by atoms with Crippen molar-refractivity contribution < 1.29 is 0 Å². The summed E-state index contributed by atoms with van der Waals surface area (Å²) in [7, 11) is 0. The van der Waals surface area contributed by atoms with E-state index in [0.29, 0.717) is 12.1 Å². The van der Waals surface area contributed by atoms with Crippen molar-refractivity contribution in [2.75, 3.05) is 6.54 Å². The number of hydrogen-bond acceptors (Lipinski definition) is 2. The summed E-state index contributed by atoms with van der Waals surface area (Å²) in [5, 5.41) is 0. The first-order chi connectivity index (χ1) is 7.72. The van der Waals surface area contributed by atoms with E-state index in [1.54, 1.807) is 0 Å². The molecular formula is C14H28N2. The van der Waals surface area contributed by atoms with E-state index in [-0.39, 0.29) is 0 Å². The predicted octanol–water partition coefficient (Wildman–Crippen LogP) is 2.77. The molecule has 0 aromatic heterocycles. The van der Waals surface area contributed by atoms with Crippen molar-refractivity contribution in [3.05, 3.63) is 0 Å². The molecule has 0 aromatic carbocycles. The Kier molecular flexibility index (Phi) is 4.26. The molecule has 0 aromatic rings. The molecule has 16 heavy (non-hydrogen) atoms. The summed E-state index contributed by atoms with van der Waals surface area (Å²) in [6.07, 6.45) is 9.76. The molecule has 0 amide bonds. The van der Waals surface area contributed by atoms with Crippen molar-refractivity contribution in [3.8, 4) is 0 Å². The second kappa shape index (κ2) is 5.50. The largest absolute Gasteiger partial charge is 0.327 e. The van der Waals surface area contributed by atoms with Crippen molar-refractivity contribution in [3.63, 3.8) is 0 Å². The fraction of sp³-hybridized carbons (Fsp3) is 1.00. The maximum Gasteiger partial charge on any atom is 0.0247 e. The van der Waals surface area contributed by atoms with Crippen LogP contribution in [0.4, 0.5) is 0 Å². The van der Waals surface area contributed by atoms with Crippen LogP contribution in [-0.2, 0) is 0 Å². The highest BCUT2D eigenvalue weighted by molar-refractivity contribution is 4.91. The van der Waals surface area contributed by atoms with Crippen LogP contribution in [0.25, 0.3) is 0 Å². The van der Waals surface area contributed by atoms with E-state index in [4.69, 9.17) is 5.73 Å². The quantitative estimate of drug-likeness (QED) is 0.798. The summed E-state index contributed by atoms with van der Waals surface area (Å²) in [4.78, 5) is 2.75. The second-order valence-electron chi connectivity index (χ2n) is 5.90. The Hall–Kier alpha value is -0.0800. The van der Waals surface area contributed by atoms with Crippen LogP contribution in [-0.4, -0.2) is 29.6 Å². The molecule has 2 heteroatoms. The Labute approximate surface area is 101 Å². The summed E-state index contributed by atoms with van der Waals surface area (Å²) in [5.74, 6) is 0.987. The summed E-state index contributed by atoms with van der Waals surface area (Å²) in [5.41, 5.74) is 6.15. The number of hydrogen-bond donors (Lipinski definition) is 1. The summed E-state index contributed by atoms with van der Waals surface area (Å²) in [6, 6.07) is 1.86. The van der Waals surface area contributed by atoms with Gasteiger partial charge in [0.1, 0.15) is 0 Å². The first kappa shape index (κ1) is 12.4. The number of nitrogens with zero attached hydrogens (tertiary/aromatic N) is 1. The van der Waals surface area contributed by atoms with Gasteiger partial charge in [-0.15, -0.1) is 0 Å². The van der Waals surface area contributed by atoms with Gasteiger partial charge in [-0.2, -0.15) is 0 Å². The maximum absolute atomic E-state index is 6.15. The average molecular weight is 224 g/mol. The molecular weight excluding hydrogens is 196 g/mol. The van der Waals surface area contributed by atoms with Crippen LogP contribution < -0.4 is 5.73 Å². The first-order valence-electron chi connectivity index (χ1n) is 7.23. The van der Waals surface area contributed by atoms with Crippen LogP contribution >= 0.6 is 0 Å². The lowest BCUT2D eigenvalue weighted by Gasteiger charge is -2.42. The van der Waals surface area contributed by atoms with Crippen LogP contribution in [0.3, 0.4) is 0 Å². The van der Waals surface area contributed by atoms with Crippen LogP contribution in [0, 0.1) is 5.92 Å². The zero-order valence-corrected chi connectivity index (χ0v) is 11.0. The van der Waals surface area contributed by atoms with Gasteiger partial charge in [0.25, 0.3) is 0 Å². The average Bonchev–Trinajstić information content (AvgIpc) is 2.77. The third-order valence-corrected chi connectivity index (χ3v) is 4.76. The molecule has 1 aliphatic carbocycles. The van der Waals surface area contributed by atoms with Gasteiger partial charge >= 0.3 is 0 Å². The Morgan fingerprint density at radius 3 is 2.69 bits per heavy atom. The normalized spacial score (nSPS) is 38.8. The molecule has 2 nitrogen and oxygen atoms in total. The van der Waals surface area contributed by atoms with Crippen molar-refractivity contribution in [1.29, 1.82) is 0 Å². The zero-order chi connectivity index (χ0) is 11.5. The Morgan fingerprint density at radius 2 is 2.06 bits per heavy atom. The van der Waals surface area contributed by atoms with E-state index in [0.717, 1.165) is 12.0 Å². The minimum absolute atomic E-state index is 0.348. The maximum atomic E-state index is 6.15. The number of rotatable bonds is 3. The zero-order valence-electron chi connectivity index (χ0n) is 11.0. The minimum atomic E-state index is 0.348. The number of piperidine rings is 1. The lowest BCUT2D eigenvalue weighted by atomic mass is 9.94. The molecule has 1 heterocycles. The van der Waals surface area contributed by atoms with E-state index < -0.39 is 0 Å². The first-order valence-corrected chi connectivity index (χ1v) is 7.23. The van der Waals surface area contributed by atoms with E-state index in [1.807, 2.05) is 0 Å². The van der Waals surface area contributed by atoms with Crippen molar-refractivity contribution in [2.24, 2.45) is 11.7 Å². The van der Waals surface area contributed by atoms with Crippen LogP contribution in [0.1, 0.15) is 58.8 Å². The Morgan fingerprint density at radius 1 is 1.25 bits per heavy atom. The van der Waals surface area contributed by atoms with Gasteiger partial charge in [0.05, 0.1) is 0 Å². The SMILES string of the molecule is CCC1CCC(N2CCCCC2C(C)N)C1. The third-order valence-electron chi connectivity index (χ3n) is 4.76. The summed E-state index contributed by atoms with van der Waals surface area (Å²) >= 11 is 0. The molecule has 94 valence electrons. The molecule has 2 N–H and O–H groups in total. The van der Waals surface area contributed by atoms with E-state index in [1.165, 1.54) is 51.5 Å².